The number of nitrogens with two attached hydrogens (primary N) is 1. The summed E-state index contributed by atoms with van der Waals surface area (Å²) in [6.07, 6.45) is -0.0134. The molecule has 0 amide bonds. The van der Waals surface area contributed by atoms with E-state index in [0.29, 0.717) is 19.6 Å². The smallest absolute Gasteiger partial charge is 0.351 e. The first-order chi connectivity index (χ1) is 20.0. The molecule has 3 aromatic rings. The molecule has 0 bridgehead atoms. The van der Waals surface area contributed by atoms with Crippen molar-refractivity contribution in [2.45, 2.75) is 82.6 Å². The Hall–Kier alpha value is -2.90. The fourth-order valence-corrected chi connectivity index (χ4v) is 11.1. The number of ether oxygens (including phenoxy) is 3. The normalized spacial score (nSPS) is 27.8. The van der Waals surface area contributed by atoms with Crippen LogP contribution in [-0.4, -0.2) is 66.4 Å². The van der Waals surface area contributed by atoms with Crippen molar-refractivity contribution >= 4 is 24.5 Å². The fourth-order valence-electron chi connectivity index (χ4n) is 6.52. The van der Waals surface area contributed by atoms with Crippen molar-refractivity contribution < 1.29 is 23.5 Å². The van der Waals surface area contributed by atoms with Gasteiger partial charge in [0.25, 0.3) is 8.32 Å². The fraction of sp³-hybridized carbons (Fsp3) is 0.484. The summed E-state index contributed by atoms with van der Waals surface area (Å²) < 4.78 is 28.1. The minimum Gasteiger partial charge on any atom is -0.405 e. The summed E-state index contributed by atoms with van der Waals surface area (Å²) >= 11 is 0. The Morgan fingerprint density at radius 1 is 1.00 bits per heavy atom. The lowest BCUT2D eigenvalue weighted by Gasteiger charge is -2.43. The van der Waals surface area contributed by atoms with Gasteiger partial charge < -0.3 is 24.4 Å². The lowest BCUT2D eigenvalue weighted by Crippen LogP contribution is -2.67. The molecule has 3 saturated heterocycles. The van der Waals surface area contributed by atoms with Gasteiger partial charge in [0.1, 0.15) is 24.1 Å². The van der Waals surface area contributed by atoms with Crippen LogP contribution in [-0.2, 0) is 23.5 Å². The van der Waals surface area contributed by atoms with Crippen LogP contribution < -0.4 is 21.8 Å². The maximum Gasteiger partial charge on any atom is 0.351 e. The molecular formula is C31H40N4O6Si. The van der Waals surface area contributed by atoms with Crippen molar-refractivity contribution in [2.24, 2.45) is 0 Å². The van der Waals surface area contributed by atoms with Gasteiger partial charge in [0, 0.05) is 19.2 Å². The number of anilines is 1. The monoisotopic (exact) mass is 592 g/mol. The van der Waals surface area contributed by atoms with Crippen molar-refractivity contribution in [1.82, 2.24) is 14.6 Å². The van der Waals surface area contributed by atoms with E-state index < -0.39 is 44.5 Å². The summed E-state index contributed by atoms with van der Waals surface area (Å²) in [5, 5.41) is 3.99. The molecule has 0 saturated carbocycles. The number of hydroxylamine groups is 2. The van der Waals surface area contributed by atoms with Crippen LogP contribution in [0.15, 0.2) is 77.7 Å². The Labute approximate surface area is 247 Å². The average Bonchev–Trinajstić information content (AvgIpc) is 3.63. The molecule has 6 rings (SSSR count). The van der Waals surface area contributed by atoms with E-state index in [-0.39, 0.29) is 17.0 Å². The van der Waals surface area contributed by atoms with E-state index in [9.17, 15) is 4.79 Å². The van der Waals surface area contributed by atoms with Crippen LogP contribution in [0.1, 0.15) is 47.3 Å². The van der Waals surface area contributed by atoms with Crippen molar-refractivity contribution in [3.63, 3.8) is 0 Å². The predicted octanol–water partition coefficient (Wildman–Crippen LogP) is 2.78. The highest BCUT2D eigenvalue weighted by molar-refractivity contribution is 6.99. The molecule has 0 spiro atoms. The van der Waals surface area contributed by atoms with Gasteiger partial charge >= 0.3 is 5.69 Å². The molecule has 2 aromatic carbocycles. The van der Waals surface area contributed by atoms with Gasteiger partial charge in [-0.25, -0.2) is 4.79 Å². The van der Waals surface area contributed by atoms with E-state index in [1.807, 2.05) is 26.0 Å². The van der Waals surface area contributed by atoms with Gasteiger partial charge in [-0.05, 0) is 35.3 Å². The molecule has 0 radical (unpaired) electrons. The topological polar surface area (TPSA) is 110 Å². The van der Waals surface area contributed by atoms with E-state index in [1.54, 1.807) is 17.3 Å². The third-order valence-corrected chi connectivity index (χ3v) is 13.3. The zero-order valence-corrected chi connectivity index (χ0v) is 25.8. The van der Waals surface area contributed by atoms with E-state index in [2.05, 4.69) is 74.3 Å². The number of benzene rings is 2. The molecule has 0 unspecified atom stereocenters. The van der Waals surface area contributed by atoms with Crippen LogP contribution in [0.25, 0.3) is 0 Å². The Morgan fingerprint density at radius 3 is 2.21 bits per heavy atom. The second-order valence-corrected chi connectivity index (χ2v) is 16.9. The molecule has 3 aliphatic rings. The molecule has 0 aliphatic carbocycles. The number of rotatable bonds is 7. The largest absolute Gasteiger partial charge is 0.405 e. The van der Waals surface area contributed by atoms with E-state index >= 15 is 0 Å². The third-order valence-electron chi connectivity index (χ3n) is 8.31. The molecule has 11 heteroatoms. The van der Waals surface area contributed by atoms with Gasteiger partial charge in [0.05, 0.1) is 6.61 Å². The molecule has 224 valence electrons. The number of fused-ring (bicyclic) bond motifs is 1. The minimum absolute atomic E-state index is 0.176. The van der Waals surface area contributed by atoms with Gasteiger partial charge in [-0.15, -0.1) is 0 Å². The maximum atomic E-state index is 12.5. The molecule has 10 nitrogen and oxygen atoms in total. The summed E-state index contributed by atoms with van der Waals surface area (Å²) in [5.74, 6) is -0.611. The second-order valence-electron chi connectivity index (χ2n) is 12.6. The maximum absolute atomic E-state index is 12.5. The minimum atomic E-state index is -2.79. The van der Waals surface area contributed by atoms with Crippen molar-refractivity contribution in [2.75, 3.05) is 18.9 Å². The summed E-state index contributed by atoms with van der Waals surface area (Å²) in [6.45, 7) is 11.5. The second kappa shape index (κ2) is 11.0. The Balaban J connectivity index is 1.27. The van der Waals surface area contributed by atoms with Crippen LogP contribution in [0, 0.1) is 0 Å². The molecule has 42 heavy (non-hydrogen) atoms. The summed E-state index contributed by atoms with van der Waals surface area (Å²) in [4.78, 5) is 22.5. The standard InChI is InChI=1S/C31H40N4O6Si/c1-30(2,3)42(21-12-8-6-9-13-21,22-14-10-7-11-15-22)37-20-23-26-27(40-31(4,5)39-26)28(38-23)35-19-17-25(41-35)34-18-16-24(32)33-29(34)36/h6-16,18,23,25-28H,17,19-20H2,1-5H3,(H2,32,33,36)/t23-,25-,26-,27-,28-/m1/s1. The van der Waals surface area contributed by atoms with E-state index in [1.165, 1.54) is 14.9 Å². The first kappa shape index (κ1) is 29.2. The van der Waals surface area contributed by atoms with Crippen LogP contribution in [0.5, 0.6) is 0 Å². The van der Waals surface area contributed by atoms with Crippen LogP contribution in [0.2, 0.25) is 5.04 Å². The van der Waals surface area contributed by atoms with Gasteiger partial charge in [-0.2, -0.15) is 10.0 Å². The molecule has 3 fully saturated rings. The zero-order valence-electron chi connectivity index (χ0n) is 24.8. The lowest BCUT2D eigenvalue weighted by atomic mass is 10.1. The van der Waals surface area contributed by atoms with E-state index in [0.717, 1.165) is 0 Å². The first-order valence-corrected chi connectivity index (χ1v) is 16.4. The van der Waals surface area contributed by atoms with Gasteiger partial charge in [0.2, 0.25) is 0 Å². The zero-order chi connectivity index (χ0) is 29.7. The third kappa shape index (κ3) is 5.23. The van der Waals surface area contributed by atoms with Gasteiger partial charge in [0.15, 0.2) is 18.2 Å². The number of hydrogen-bond donors (Lipinski definition) is 1. The average molecular weight is 593 g/mol. The summed E-state index contributed by atoms with van der Waals surface area (Å²) in [7, 11) is -2.79. The number of nitrogens with zero attached hydrogens (tertiary/aromatic N) is 3. The summed E-state index contributed by atoms with van der Waals surface area (Å²) in [6, 6.07) is 22.7. The Morgan fingerprint density at radius 2 is 1.62 bits per heavy atom. The van der Waals surface area contributed by atoms with Crippen LogP contribution in [0.3, 0.4) is 0 Å². The Bertz CT molecular complexity index is 1410. The molecular weight excluding hydrogens is 552 g/mol. The van der Waals surface area contributed by atoms with Gasteiger partial charge in [-0.3, -0.25) is 9.40 Å². The first-order valence-electron chi connectivity index (χ1n) is 14.5. The molecule has 2 N–H and O–H groups in total. The SMILES string of the molecule is CC1(C)O[C@@H]2[C@H](O1)[C@@H](CO[Si](c1ccccc1)(c1ccccc1)C(C)(C)C)O[C@H]2N1CC[C@H](n2ccc(N)nc2=O)O1. The Kier molecular flexibility index (Phi) is 7.63. The predicted molar refractivity (Wildman–Crippen MR) is 160 cm³/mol. The molecule has 4 heterocycles. The highest BCUT2D eigenvalue weighted by Gasteiger charge is 2.59. The summed E-state index contributed by atoms with van der Waals surface area (Å²) in [5.41, 5.74) is 5.22. The number of hydrogen-bond acceptors (Lipinski definition) is 9. The van der Waals surface area contributed by atoms with Gasteiger partial charge in [-0.1, -0.05) is 81.4 Å². The highest BCUT2D eigenvalue weighted by atomic mass is 28.4. The molecule has 1 aromatic heterocycles. The van der Waals surface area contributed by atoms with Crippen molar-refractivity contribution in [3.8, 4) is 0 Å². The highest BCUT2D eigenvalue weighted by Crippen LogP contribution is 2.43. The number of nitrogen functional groups attached to an aromatic ring is 1. The van der Waals surface area contributed by atoms with Crippen LogP contribution in [0.4, 0.5) is 5.82 Å². The molecule has 3 aliphatic heterocycles. The van der Waals surface area contributed by atoms with Crippen molar-refractivity contribution in [3.05, 3.63) is 83.4 Å². The van der Waals surface area contributed by atoms with E-state index in [4.69, 9.17) is 29.2 Å². The molecule has 5 atom stereocenters. The lowest BCUT2D eigenvalue weighted by molar-refractivity contribution is -0.284. The quantitative estimate of drug-likeness (QED) is 0.414. The van der Waals surface area contributed by atoms with Crippen LogP contribution >= 0.6 is 0 Å². The number of aromatic nitrogens is 2. The van der Waals surface area contributed by atoms with Crippen molar-refractivity contribution in [1.29, 1.82) is 0 Å².